The smallest absolute Gasteiger partial charge is 0.166 e. The molecule has 0 bridgehead atoms. The summed E-state index contributed by atoms with van der Waals surface area (Å²) in [5.74, 6) is 1.82. The molecule has 0 amide bonds. The lowest BCUT2D eigenvalue weighted by Gasteiger charge is -2.13. The zero-order valence-corrected chi connectivity index (χ0v) is 12.8. The van der Waals surface area contributed by atoms with Crippen LogP contribution in [0.2, 0.25) is 0 Å². The molecule has 0 N–H and O–H groups in total. The van der Waals surface area contributed by atoms with E-state index >= 15 is 0 Å². The van der Waals surface area contributed by atoms with Crippen LogP contribution in [0.4, 0.5) is 0 Å². The van der Waals surface area contributed by atoms with E-state index in [0.717, 1.165) is 6.42 Å². The molecule has 3 nitrogen and oxygen atoms in total. The van der Waals surface area contributed by atoms with Crippen molar-refractivity contribution in [3.63, 3.8) is 0 Å². The van der Waals surface area contributed by atoms with Crippen LogP contribution >= 0.6 is 15.9 Å². The van der Waals surface area contributed by atoms with Crippen LogP contribution in [0.5, 0.6) is 11.5 Å². The van der Waals surface area contributed by atoms with Gasteiger partial charge in [0.25, 0.3) is 0 Å². The highest BCUT2D eigenvalue weighted by atomic mass is 79.9. The molecule has 0 saturated carbocycles. The number of carbonyl (C=O) groups excluding carboxylic acids is 1. The van der Waals surface area contributed by atoms with Crippen molar-refractivity contribution in [3.8, 4) is 11.5 Å². The van der Waals surface area contributed by atoms with Gasteiger partial charge in [0.15, 0.2) is 5.78 Å². The molecule has 0 saturated heterocycles. The van der Waals surface area contributed by atoms with E-state index in [0.29, 0.717) is 33.9 Å². The number of Topliss-reactive ketones (excluding diaryl/α,β-unsaturated/α-hetero) is 1. The highest BCUT2D eigenvalue weighted by Crippen LogP contribution is 2.37. The summed E-state index contributed by atoms with van der Waals surface area (Å²) in [6, 6.07) is 3.53. The monoisotopic (exact) mass is 314 g/mol. The lowest BCUT2D eigenvalue weighted by molar-refractivity contribution is 0.0972. The minimum Gasteiger partial charge on any atom is -0.495 e. The van der Waals surface area contributed by atoms with Crippen LogP contribution in [0.1, 0.15) is 37.0 Å². The predicted octanol–water partition coefficient (Wildman–Crippen LogP) is 4.09. The number of ketones is 1. The summed E-state index contributed by atoms with van der Waals surface area (Å²) < 4.78 is 11.2. The third-order valence-electron chi connectivity index (χ3n) is 2.73. The summed E-state index contributed by atoms with van der Waals surface area (Å²) in [4.78, 5) is 12.1. The molecule has 18 heavy (non-hydrogen) atoms. The lowest BCUT2D eigenvalue weighted by Crippen LogP contribution is -2.05. The van der Waals surface area contributed by atoms with Crippen molar-refractivity contribution in [3.05, 3.63) is 22.2 Å². The maximum absolute atomic E-state index is 12.1. The van der Waals surface area contributed by atoms with E-state index < -0.39 is 0 Å². The van der Waals surface area contributed by atoms with Gasteiger partial charge in [-0.2, -0.15) is 0 Å². The van der Waals surface area contributed by atoms with Gasteiger partial charge < -0.3 is 9.47 Å². The minimum absolute atomic E-state index is 0.101. The van der Waals surface area contributed by atoms with Crippen LogP contribution in [0.25, 0.3) is 0 Å². The third-order valence-corrected chi connectivity index (χ3v) is 3.49. The highest BCUT2D eigenvalue weighted by Gasteiger charge is 2.18. The maximum atomic E-state index is 12.1. The van der Waals surface area contributed by atoms with Crippen LogP contribution < -0.4 is 9.47 Å². The number of ether oxygens (including phenoxy) is 2. The summed E-state index contributed by atoms with van der Waals surface area (Å²) in [5, 5.41) is 0. The molecule has 1 aromatic carbocycles. The molecule has 1 rings (SSSR count). The number of carbonyl (C=O) groups is 1. The zero-order chi connectivity index (χ0) is 13.7. The molecule has 0 heterocycles. The Morgan fingerprint density at radius 1 is 1.28 bits per heavy atom. The fourth-order valence-corrected chi connectivity index (χ4v) is 2.34. The molecule has 0 spiro atoms. The van der Waals surface area contributed by atoms with Crippen molar-refractivity contribution < 1.29 is 14.3 Å². The van der Waals surface area contributed by atoms with Crippen molar-refractivity contribution in [1.82, 2.24) is 0 Å². The summed E-state index contributed by atoms with van der Waals surface area (Å²) in [6.07, 6.45) is 1.42. The fraction of sp³-hybridized carbons (Fsp3) is 0.500. The van der Waals surface area contributed by atoms with Crippen molar-refractivity contribution in [1.29, 1.82) is 0 Å². The number of hydrogen-bond donors (Lipinski definition) is 0. The molecular weight excluding hydrogens is 296 g/mol. The second-order valence-electron chi connectivity index (χ2n) is 4.52. The normalized spacial score (nSPS) is 10.6. The van der Waals surface area contributed by atoms with Crippen LogP contribution in [-0.4, -0.2) is 20.0 Å². The molecule has 0 aliphatic rings. The second kappa shape index (κ2) is 6.78. The first-order valence-corrected chi connectivity index (χ1v) is 6.74. The molecule has 0 radical (unpaired) electrons. The van der Waals surface area contributed by atoms with Gasteiger partial charge in [-0.25, -0.2) is 0 Å². The Labute approximate surface area is 117 Å². The Balaban J connectivity index is 3.02. The molecular formula is C14H19BrO3. The number of methoxy groups -OCH3 is 2. The van der Waals surface area contributed by atoms with Gasteiger partial charge in [-0.05, 0) is 40.4 Å². The standard InChI is InChI=1S/C14H19BrO3/c1-9(2)5-7-11(16)10-6-8-12(17-3)13(15)14(10)18-4/h6,8-9H,5,7H2,1-4H3. The fourth-order valence-electron chi connectivity index (χ4n) is 1.67. The quantitative estimate of drug-likeness (QED) is 0.742. The molecule has 0 aliphatic heterocycles. The van der Waals surface area contributed by atoms with Gasteiger partial charge in [-0.1, -0.05) is 13.8 Å². The number of hydrogen-bond acceptors (Lipinski definition) is 3. The third kappa shape index (κ3) is 3.48. The van der Waals surface area contributed by atoms with E-state index in [4.69, 9.17) is 9.47 Å². The Morgan fingerprint density at radius 3 is 2.44 bits per heavy atom. The van der Waals surface area contributed by atoms with Gasteiger partial charge in [0.05, 0.1) is 19.8 Å². The van der Waals surface area contributed by atoms with Gasteiger partial charge in [-0.15, -0.1) is 0 Å². The van der Waals surface area contributed by atoms with Crippen molar-refractivity contribution in [2.75, 3.05) is 14.2 Å². The number of halogens is 1. The molecule has 0 aliphatic carbocycles. The average molecular weight is 315 g/mol. The Kier molecular flexibility index (Phi) is 5.66. The summed E-state index contributed by atoms with van der Waals surface area (Å²) in [6.45, 7) is 4.21. The molecule has 0 unspecified atom stereocenters. The van der Waals surface area contributed by atoms with Gasteiger partial charge in [-0.3, -0.25) is 4.79 Å². The van der Waals surface area contributed by atoms with Crippen molar-refractivity contribution >= 4 is 21.7 Å². The van der Waals surface area contributed by atoms with Crippen LogP contribution in [0.15, 0.2) is 16.6 Å². The molecule has 0 aromatic heterocycles. The van der Waals surface area contributed by atoms with Gasteiger partial charge >= 0.3 is 0 Å². The van der Waals surface area contributed by atoms with E-state index in [1.54, 1.807) is 26.4 Å². The molecule has 0 atom stereocenters. The average Bonchev–Trinajstić information content (AvgIpc) is 2.35. The molecule has 100 valence electrons. The van der Waals surface area contributed by atoms with Crippen LogP contribution in [-0.2, 0) is 0 Å². The van der Waals surface area contributed by atoms with Gasteiger partial charge in [0, 0.05) is 6.42 Å². The second-order valence-corrected chi connectivity index (χ2v) is 5.31. The molecule has 4 heteroatoms. The first-order chi connectivity index (χ1) is 8.51. The maximum Gasteiger partial charge on any atom is 0.166 e. The topological polar surface area (TPSA) is 35.5 Å². The van der Waals surface area contributed by atoms with E-state index in [2.05, 4.69) is 29.8 Å². The summed E-state index contributed by atoms with van der Waals surface area (Å²) in [5.41, 5.74) is 0.603. The molecule has 1 aromatic rings. The van der Waals surface area contributed by atoms with Gasteiger partial charge in [0.1, 0.15) is 16.0 Å². The highest BCUT2D eigenvalue weighted by molar-refractivity contribution is 9.10. The first kappa shape index (κ1) is 15.0. The van der Waals surface area contributed by atoms with E-state index in [1.807, 2.05) is 0 Å². The predicted molar refractivity (Wildman–Crippen MR) is 75.6 cm³/mol. The Morgan fingerprint density at radius 2 is 1.94 bits per heavy atom. The van der Waals surface area contributed by atoms with Crippen LogP contribution in [0.3, 0.4) is 0 Å². The Hall–Kier alpha value is -1.03. The summed E-state index contributed by atoms with van der Waals surface area (Å²) >= 11 is 3.40. The number of benzene rings is 1. The lowest BCUT2D eigenvalue weighted by atomic mass is 10.0. The SMILES string of the molecule is COc1ccc(C(=O)CCC(C)C)c(OC)c1Br. The number of rotatable bonds is 6. The van der Waals surface area contributed by atoms with E-state index in [-0.39, 0.29) is 5.78 Å². The van der Waals surface area contributed by atoms with Crippen molar-refractivity contribution in [2.24, 2.45) is 5.92 Å². The van der Waals surface area contributed by atoms with Gasteiger partial charge in [0.2, 0.25) is 0 Å². The van der Waals surface area contributed by atoms with Crippen LogP contribution in [0, 0.1) is 5.92 Å². The van der Waals surface area contributed by atoms with E-state index in [1.165, 1.54) is 0 Å². The minimum atomic E-state index is 0.101. The van der Waals surface area contributed by atoms with Crippen molar-refractivity contribution in [2.45, 2.75) is 26.7 Å². The molecule has 0 fully saturated rings. The zero-order valence-electron chi connectivity index (χ0n) is 11.2. The summed E-state index contributed by atoms with van der Waals surface area (Å²) in [7, 11) is 3.14. The Bertz CT molecular complexity index is 427. The van der Waals surface area contributed by atoms with E-state index in [9.17, 15) is 4.79 Å². The first-order valence-electron chi connectivity index (χ1n) is 5.95. The largest absolute Gasteiger partial charge is 0.495 e.